The second kappa shape index (κ2) is 4.16. The van der Waals surface area contributed by atoms with E-state index in [2.05, 4.69) is 25.7 Å². The van der Waals surface area contributed by atoms with Crippen LogP contribution in [0.3, 0.4) is 0 Å². The van der Waals surface area contributed by atoms with Gasteiger partial charge >= 0.3 is 6.36 Å². The molecule has 8 heteroatoms. The minimum Gasteiger partial charge on any atom is -0.403 e. The molecule has 2 aromatic rings. The van der Waals surface area contributed by atoms with E-state index in [-0.39, 0.29) is 11.1 Å². The fraction of sp³-hybridized carbons (Fsp3) is 0.111. The monoisotopic (exact) mass is 322 g/mol. The van der Waals surface area contributed by atoms with Crippen LogP contribution in [-0.4, -0.2) is 11.3 Å². The fourth-order valence-corrected chi connectivity index (χ4v) is 2.69. The van der Waals surface area contributed by atoms with Crippen LogP contribution in [-0.2, 0) is 0 Å². The van der Waals surface area contributed by atoms with Crippen molar-refractivity contribution < 1.29 is 17.9 Å². The number of rotatable bonds is 1. The van der Waals surface area contributed by atoms with Gasteiger partial charge in [0.05, 0.1) is 16.3 Å². The molecular weight excluding hydrogens is 321 g/mol. The third-order valence-corrected chi connectivity index (χ3v) is 3.24. The van der Waals surface area contributed by atoms with Crippen LogP contribution < -0.4 is 4.74 Å². The Morgan fingerprint density at radius 1 is 1.41 bits per heavy atom. The van der Waals surface area contributed by atoms with Crippen LogP contribution in [0.25, 0.3) is 10.2 Å². The van der Waals surface area contributed by atoms with Crippen molar-refractivity contribution in [2.24, 2.45) is 0 Å². The molecule has 1 heterocycles. The van der Waals surface area contributed by atoms with Gasteiger partial charge < -0.3 is 4.74 Å². The molecule has 17 heavy (non-hydrogen) atoms. The van der Waals surface area contributed by atoms with E-state index in [0.717, 1.165) is 17.4 Å². The first-order valence-corrected chi connectivity index (χ1v) is 5.76. The summed E-state index contributed by atoms with van der Waals surface area (Å²) in [6, 6.07) is 4.25. The Kier molecular flexibility index (Phi) is 2.97. The number of thiazole rings is 1. The summed E-state index contributed by atoms with van der Waals surface area (Å²) >= 11 is 4.20. The molecule has 0 spiro atoms. The highest BCUT2D eigenvalue weighted by Gasteiger charge is 2.32. The lowest BCUT2D eigenvalue weighted by molar-refractivity contribution is -0.274. The highest BCUT2D eigenvalue weighted by molar-refractivity contribution is 9.11. The molecule has 0 atom stereocenters. The van der Waals surface area contributed by atoms with Gasteiger partial charge in [-0.2, -0.15) is 5.26 Å². The van der Waals surface area contributed by atoms with Gasteiger partial charge in [-0.1, -0.05) is 0 Å². The summed E-state index contributed by atoms with van der Waals surface area (Å²) in [6.07, 6.45) is -4.81. The molecule has 0 aliphatic rings. The predicted octanol–water partition coefficient (Wildman–Crippen LogP) is 3.83. The lowest BCUT2D eigenvalue weighted by Crippen LogP contribution is -2.17. The molecule has 0 aliphatic heterocycles. The van der Waals surface area contributed by atoms with Gasteiger partial charge in [0.15, 0.2) is 9.67 Å². The molecular formula is C9H2BrF3N2OS. The molecule has 1 aromatic carbocycles. The van der Waals surface area contributed by atoms with Crippen LogP contribution in [0.15, 0.2) is 16.0 Å². The smallest absolute Gasteiger partial charge is 0.403 e. The fourth-order valence-electron chi connectivity index (χ4n) is 1.24. The molecule has 0 fully saturated rings. The van der Waals surface area contributed by atoms with Crippen molar-refractivity contribution in [2.75, 3.05) is 0 Å². The van der Waals surface area contributed by atoms with Gasteiger partial charge in [-0.05, 0) is 22.0 Å². The van der Waals surface area contributed by atoms with Gasteiger partial charge in [-0.25, -0.2) is 4.98 Å². The van der Waals surface area contributed by atoms with Gasteiger partial charge in [0.25, 0.3) is 0 Å². The zero-order chi connectivity index (χ0) is 12.6. The first-order chi connectivity index (χ1) is 7.89. The molecule has 0 N–H and O–H groups in total. The number of alkyl halides is 3. The Hall–Kier alpha value is -1.33. The first kappa shape index (κ1) is 12.1. The average molecular weight is 323 g/mol. The summed E-state index contributed by atoms with van der Waals surface area (Å²) in [5.41, 5.74) is 0.172. The van der Waals surface area contributed by atoms with Gasteiger partial charge in [-0.3, -0.25) is 0 Å². The van der Waals surface area contributed by atoms with Crippen LogP contribution in [0.1, 0.15) is 5.56 Å². The largest absolute Gasteiger partial charge is 0.573 e. The average Bonchev–Trinajstić information content (AvgIpc) is 2.56. The van der Waals surface area contributed by atoms with Crippen LogP contribution >= 0.6 is 27.3 Å². The first-order valence-electron chi connectivity index (χ1n) is 4.15. The molecule has 0 aliphatic carbocycles. The van der Waals surface area contributed by atoms with Crippen molar-refractivity contribution in [3.63, 3.8) is 0 Å². The number of nitriles is 1. The van der Waals surface area contributed by atoms with E-state index in [1.54, 1.807) is 6.07 Å². The summed E-state index contributed by atoms with van der Waals surface area (Å²) in [5.74, 6) is -0.464. The number of hydrogen-bond donors (Lipinski definition) is 0. The van der Waals surface area contributed by atoms with Crippen molar-refractivity contribution in [3.05, 3.63) is 21.6 Å². The Balaban J connectivity index is 2.63. The number of nitrogens with zero attached hydrogens (tertiary/aromatic N) is 2. The molecule has 0 saturated heterocycles. The molecule has 0 unspecified atom stereocenters. The van der Waals surface area contributed by atoms with Crippen molar-refractivity contribution in [1.82, 2.24) is 4.98 Å². The Morgan fingerprint density at radius 3 is 2.71 bits per heavy atom. The number of ether oxygens (including phenoxy) is 1. The van der Waals surface area contributed by atoms with E-state index < -0.39 is 12.1 Å². The Morgan fingerprint density at radius 2 is 2.12 bits per heavy atom. The zero-order valence-electron chi connectivity index (χ0n) is 7.88. The van der Waals surface area contributed by atoms with Crippen molar-refractivity contribution in [3.8, 4) is 11.8 Å². The van der Waals surface area contributed by atoms with Crippen LogP contribution in [0, 0.1) is 11.3 Å². The normalized spacial score (nSPS) is 11.5. The molecule has 88 valence electrons. The summed E-state index contributed by atoms with van der Waals surface area (Å²) in [4.78, 5) is 3.87. The number of aromatic nitrogens is 1. The molecule has 2 rings (SSSR count). The van der Waals surface area contributed by atoms with E-state index in [4.69, 9.17) is 5.26 Å². The maximum absolute atomic E-state index is 12.2. The number of halogens is 4. The maximum atomic E-state index is 12.2. The topological polar surface area (TPSA) is 45.9 Å². The SMILES string of the molecule is N#Cc1cc(OC(F)(F)F)c2nc(Br)sc2c1. The lowest BCUT2D eigenvalue weighted by Gasteiger charge is -2.09. The second-order valence-corrected chi connectivity index (χ2v) is 5.25. The van der Waals surface area contributed by atoms with Gasteiger partial charge in [0, 0.05) is 6.07 Å². The Labute approximate surface area is 106 Å². The molecule has 0 saturated carbocycles. The molecule has 3 nitrogen and oxygen atoms in total. The summed E-state index contributed by atoms with van der Waals surface area (Å²) in [7, 11) is 0. The van der Waals surface area contributed by atoms with Crippen molar-refractivity contribution >= 4 is 37.5 Å². The minimum absolute atomic E-state index is 0.0817. The van der Waals surface area contributed by atoms with E-state index >= 15 is 0 Å². The summed E-state index contributed by atoms with van der Waals surface area (Å²) in [5, 5.41) is 8.71. The highest BCUT2D eigenvalue weighted by atomic mass is 79.9. The van der Waals surface area contributed by atoms with Crippen LogP contribution in [0.4, 0.5) is 13.2 Å². The summed E-state index contributed by atoms with van der Waals surface area (Å²) in [6.45, 7) is 0. The van der Waals surface area contributed by atoms with Gasteiger partial charge in [-0.15, -0.1) is 24.5 Å². The maximum Gasteiger partial charge on any atom is 0.573 e. The van der Waals surface area contributed by atoms with E-state index in [1.807, 2.05) is 0 Å². The molecule has 0 bridgehead atoms. The van der Waals surface area contributed by atoms with E-state index in [9.17, 15) is 13.2 Å². The minimum atomic E-state index is -4.81. The molecule has 1 aromatic heterocycles. The van der Waals surface area contributed by atoms with E-state index in [1.165, 1.54) is 6.07 Å². The second-order valence-electron chi connectivity index (χ2n) is 2.95. The van der Waals surface area contributed by atoms with Gasteiger partial charge in [0.2, 0.25) is 0 Å². The summed E-state index contributed by atoms with van der Waals surface area (Å²) < 4.78 is 41.2. The van der Waals surface area contributed by atoms with Crippen molar-refractivity contribution in [2.45, 2.75) is 6.36 Å². The highest BCUT2D eigenvalue weighted by Crippen LogP contribution is 2.36. The number of hydrogen-bond acceptors (Lipinski definition) is 4. The Bertz CT molecular complexity index is 617. The molecule has 0 radical (unpaired) electrons. The molecule has 0 amide bonds. The quantitative estimate of drug-likeness (QED) is 0.801. The standard InChI is InChI=1S/C9H2BrF3N2OS/c10-8-15-7-5(16-9(11,12)13)1-4(3-14)2-6(7)17-8/h1-2H. The van der Waals surface area contributed by atoms with Gasteiger partial charge in [0.1, 0.15) is 5.52 Å². The number of benzene rings is 1. The third-order valence-electron chi connectivity index (χ3n) is 1.79. The third kappa shape index (κ3) is 2.68. The lowest BCUT2D eigenvalue weighted by atomic mass is 10.2. The predicted molar refractivity (Wildman–Crippen MR) is 58.7 cm³/mol. The van der Waals surface area contributed by atoms with Crippen molar-refractivity contribution in [1.29, 1.82) is 5.26 Å². The van der Waals surface area contributed by atoms with Crippen LogP contribution in [0.5, 0.6) is 5.75 Å². The van der Waals surface area contributed by atoms with E-state index in [0.29, 0.717) is 8.62 Å². The van der Waals surface area contributed by atoms with Crippen LogP contribution in [0.2, 0.25) is 0 Å². The zero-order valence-corrected chi connectivity index (χ0v) is 10.3. The number of fused-ring (bicyclic) bond motifs is 1.